The van der Waals surface area contributed by atoms with E-state index in [4.69, 9.17) is 5.73 Å². The molecule has 0 aromatic carbocycles. The summed E-state index contributed by atoms with van der Waals surface area (Å²) in [4.78, 5) is 4.31. The first kappa shape index (κ1) is 12.0. The van der Waals surface area contributed by atoms with Gasteiger partial charge in [0.15, 0.2) is 0 Å². The molecule has 15 heavy (non-hydrogen) atoms. The van der Waals surface area contributed by atoms with Crippen molar-refractivity contribution in [2.24, 2.45) is 0 Å². The average molecular weight is 207 g/mol. The maximum absolute atomic E-state index is 5.76. The van der Waals surface area contributed by atoms with Crippen LogP contribution in [0.5, 0.6) is 0 Å². The van der Waals surface area contributed by atoms with Crippen LogP contribution in [0.15, 0.2) is 12.1 Å². The number of nitrogens with two attached hydrogens (primary N) is 1. The van der Waals surface area contributed by atoms with Gasteiger partial charge in [-0.15, -0.1) is 0 Å². The third-order valence-electron chi connectivity index (χ3n) is 2.23. The van der Waals surface area contributed by atoms with Gasteiger partial charge in [-0.1, -0.05) is 27.7 Å². The summed E-state index contributed by atoms with van der Waals surface area (Å²) in [5.74, 6) is 1.04. The van der Waals surface area contributed by atoms with Crippen molar-refractivity contribution in [3.8, 4) is 0 Å². The van der Waals surface area contributed by atoms with Gasteiger partial charge in [0.25, 0.3) is 0 Å². The zero-order chi connectivity index (χ0) is 11.4. The monoisotopic (exact) mass is 207 g/mol. The van der Waals surface area contributed by atoms with Crippen LogP contribution < -0.4 is 11.1 Å². The normalized spacial score (nSPS) is 11.3. The molecule has 84 valence electrons. The predicted octanol–water partition coefficient (Wildman–Crippen LogP) is 2.29. The first-order chi connectivity index (χ1) is 6.99. The Morgan fingerprint density at radius 3 is 2.47 bits per heavy atom. The molecule has 0 unspecified atom stereocenters. The molecule has 1 heterocycles. The molecule has 3 heteroatoms. The van der Waals surface area contributed by atoms with E-state index < -0.39 is 0 Å². The van der Waals surface area contributed by atoms with Crippen molar-refractivity contribution in [2.75, 3.05) is 5.73 Å². The van der Waals surface area contributed by atoms with Crippen LogP contribution in [0.4, 0.5) is 5.82 Å². The van der Waals surface area contributed by atoms with E-state index in [1.165, 1.54) is 5.56 Å². The molecule has 1 aromatic rings. The van der Waals surface area contributed by atoms with Crippen molar-refractivity contribution in [3.05, 3.63) is 23.4 Å². The second-order valence-corrected chi connectivity index (χ2v) is 4.52. The van der Waals surface area contributed by atoms with Gasteiger partial charge in [0.1, 0.15) is 5.82 Å². The predicted molar refractivity (Wildman–Crippen MR) is 64.7 cm³/mol. The molecule has 0 saturated carbocycles. The van der Waals surface area contributed by atoms with Crippen LogP contribution in [-0.2, 0) is 6.54 Å². The molecule has 0 aliphatic rings. The van der Waals surface area contributed by atoms with Gasteiger partial charge in [-0.3, -0.25) is 0 Å². The smallest absolute Gasteiger partial charge is 0.123 e. The number of nitrogen functional groups attached to an aromatic ring is 1. The van der Waals surface area contributed by atoms with Gasteiger partial charge in [-0.2, -0.15) is 0 Å². The SMILES string of the molecule is CC(C)NCc1cc(N)nc(C(C)C)c1. The van der Waals surface area contributed by atoms with Crippen LogP contribution in [0.25, 0.3) is 0 Å². The molecule has 0 atom stereocenters. The fraction of sp³-hybridized carbons (Fsp3) is 0.583. The van der Waals surface area contributed by atoms with Crippen LogP contribution in [-0.4, -0.2) is 11.0 Å². The first-order valence-electron chi connectivity index (χ1n) is 5.48. The Bertz CT molecular complexity index is 319. The number of nitrogens with zero attached hydrogens (tertiary/aromatic N) is 1. The summed E-state index contributed by atoms with van der Waals surface area (Å²) in [5, 5.41) is 3.37. The van der Waals surface area contributed by atoms with E-state index in [0.29, 0.717) is 17.8 Å². The standard InChI is InChI=1S/C12H21N3/c1-8(2)11-5-10(6-12(13)15-11)7-14-9(3)4/h5-6,8-9,14H,7H2,1-4H3,(H2,13,15). The maximum atomic E-state index is 5.76. The Balaban J connectivity index is 2.79. The molecule has 0 radical (unpaired) electrons. The number of hydrogen-bond donors (Lipinski definition) is 2. The first-order valence-corrected chi connectivity index (χ1v) is 5.48. The lowest BCUT2D eigenvalue weighted by molar-refractivity contribution is 0.588. The summed E-state index contributed by atoms with van der Waals surface area (Å²) < 4.78 is 0. The molecule has 0 amide bonds. The molecule has 0 fully saturated rings. The highest BCUT2D eigenvalue weighted by Crippen LogP contribution is 2.15. The summed E-state index contributed by atoms with van der Waals surface area (Å²) in [6, 6.07) is 4.54. The van der Waals surface area contributed by atoms with E-state index in [2.05, 4.69) is 44.1 Å². The fourth-order valence-electron chi connectivity index (χ4n) is 1.35. The third kappa shape index (κ3) is 3.88. The van der Waals surface area contributed by atoms with Crippen molar-refractivity contribution in [1.82, 2.24) is 10.3 Å². The topological polar surface area (TPSA) is 50.9 Å². The van der Waals surface area contributed by atoms with E-state index >= 15 is 0 Å². The van der Waals surface area contributed by atoms with Crippen LogP contribution >= 0.6 is 0 Å². The summed E-state index contributed by atoms with van der Waals surface area (Å²) in [6.07, 6.45) is 0. The molecule has 0 saturated heterocycles. The molecule has 3 nitrogen and oxygen atoms in total. The number of hydrogen-bond acceptors (Lipinski definition) is 3. The average Bonchev–Trinajstić information content (AvgIpc) is 2.13. The van der Waals surface area contributed by atoms with Gasteiger partial charge in [0.05, 0.1) is 0 Å². The van der Waals surface area contributed by atoms with Gasteiger partial charge >= 0.3 is 0 Å². The Morgan fingerprint density at radius 2 is 1.93 bits per heavy atom. The second kappa shape index (κ2) is 5.12. The minimum Gasteiger partial charge on any atom is -0.384 e. The van der Waals surface area contributed by atoms with Gasteiger partial charge in [0, 0.05) is 18.3 Å². The molecule has 3 N–H and O–H groups in total. The zero-order valence-electron chi connectivity index (χ0n) is 10.0. The van der Waals surface area contributed by atoms with Crippen molar-refractivity contribution in [3.63, 3.8) is 0 Å². The highest BCUT2D eigenvalue weighted by molar-refractivity contribution is 5.35. The van der Waals surface area contributed by atoms with E-state index in [0.717, 1.165) is 12.2 Å². The Labute approximate surface area is 92.1 Å². The number of aromatic nitrogens is 1. The number of rotatable bonds is 4. The van der Waals surface area contributed by atoms with Gasteiger partial charge < -0.3 is 11.1 Å². The zero-order valence-corrected chi connectivity index (χ0v) is 10.0. The second-order valence-electron chi connectivity index (χ2n) is 4.52. The largest absolute Gasteiger partial charge is 0.384 e. The van der Waals surface area contributed by atoms with E-state index in [9.17, 15) is 0 Å². The molecule has 1 aromatic heterocycles. The van der Waals surface area contributed by atoms with Crippen LogP contribution in [0, 0.1) is 0 Å². The lowest BCUT2D eigenvalue weighted by Crippen LogP contribution is -2.22. The van der Waals surface area contributed by atoms with E-state index in [1.54, 1.807) is 0 Å². The number of anilines is 1. The summed E-state index contributed by atoms with van der Waals surface area (Å²) >= 11 is 0. The molecular weight excluding hydrogens is 186 g/mol. The Kier molecular flexibility index (Phi) is 4.09. The molecule has 0 spiro atoms. The van der Waals surface area contributed by atoms with Gasteiger partial charge in [0.2, 0.25) is 0 Å². The van der Waals surface area contributed by atoms with Crippen molar-refractivity contribution in [2.45, 2.75) is 46.2 Å². The Hall–Kier alpha value is -1.09. The Morgan fingerprint density at radius 1 is 1.27 bits per heavy atom. The van der Waals surface area contributed by atoms with Crippen molar-refractivity contribution in [1.29, 1.82) is 0 Å². The quantitative estimate of drug-likeness (QED) is 0.796. The van der Waals surface area contributed by atoms with Crippen molar-refractivity contribution < 1.29 is 0 Å². The maximum Gasteiger partial charge on any atom is 0.123 e. The van der Waals surface area contributed by atoms with Crippen LogP contribution in [0.2, 0.25) is 0 Å². The van der Waals surface area contributed by atoms with Crippen LogP contribution in [0.1, 0.15) is 44.9 Å². The summed E-state index contributed by atoms with van der Waals surface area (Å²) in [7, 11) is 0. The molecule has 0 aliphatic carbocycles. The molecule has 0 bridgehead atoms. The third-order valence-corrected chi connectivity index (χ3v) is 2.23. The lowest BCUT2D eigenvalue weighted by atomic mass is 10.1. The van der Waals surface area contributed by atoms with Gasteiger partial charge in [-0.05, 0) is 23.6 Å². The lowest BCUT2D eigenvalue weighted by Gasteiger charge is -2.11. The minimum absolute atomic E-state index is 0.422. The summed E-state index contributed by atoms with van der Waals surface area (Å²) in [5.41, 5.74) is 8.04. The number of nitrogens with one attached hydrogen (secondary N) is 1. The highest BCUT2D eigenvalue weighted by Gasteiger charge is 2.04. The molecule has 1 rings (SSSR count). The molecule has 0 aliphatic heterocycles. The fourth-order valence-corrected chi connectivity index (χ4v) is 1.35. The highest BCUT2D eigenvalue weighted by atomic mass is 14.9. The van der Waals surface area contributed by atoms with Crippen LogP contribution in [0.3, 0.4) is 0 Å². The number of pyridine rings is 1. The van der Waals surface area contributed by atoms with E-state index in [-0.39, 0.29) is 0 Å². The van der Waals surface area contributed by atoms with Gasteiger partial charge in [-0.25, -0.2) is 4.98 Å². The summed E-state index contributed by atoms with van der Waals surface area (Å²) in [6.45, 7) is 9.37. The molecular formula is C12H21N3. The minimum atomic E-state index is 0.422. The van der Waals surface area contributed by atoms with Crippen molar-refractivity contribution >= 4 is 5.82 Å². The van der Waals surface area contributed by atoms with E-state index in [1.807, 2.05) is 6.07 Å².